The topological polar surface area (TPSA) is 20.3 Å². The fourth-order valence-corrected chi connectivity index (χ4v) is 3.56. The molecule has 0 saturated carbocycles. The van der Waals surface area contributed by atoms with Crippen LogP contribution in [0.5, 0.6) is 0 Å². The second kappa shape index (κ2) is 6.51. The molecule has 1 aromatic heterocycles. The van der Waals surface area contributed by atoms with Gasteiger partial charge in [-0.1, -0.05) is 24.6 Å². The zero-order valence-corrected chi connectivity index (χ0v) is 12.4. The number of piperidine rings is 1. The molecule has 2 nitrogen and oxygen atoms in total. The summed E-state index contributed by atoms with van der Waals surface area (Å²) in [5.74, 6) is 0.273. The number of halogens is 1. The summed E-state index contributed by atoms with van der Waals surface area (Å²) >= 11 is 1.66. The van der Waals surface area contributed by atoms with Gasteiger partial charge in [0, 0.05) is 21.0 Å². The summed E-state index contributed by atoms with van der Waals surface area (Å²) in [6.07, 6.45) is 3.78. The van der Waals surface area contributed by atoms with Crippen molar-refractivity contribution in [2.75, 3.05) is 19.6 Å². The van der Waals surface area contributed by atoms with Crippen molar-refractivity contribution >= 4 is 39.6 Å². The predicted molar refractivity (Wildman–Crippen MR) is 83.7 cm³/mol. The van der Waals surface area contributed by atoms with Crippen LogP contribution in [0, 0.1) is 0 Å². The predicted octanol–water partition coefficient (Wildman–Crippen LogP) is 3.99. The summed E-state index contributed by atoms with van der Waals surface area (Å²) in [6, 6.07) is 8.16. The van der Waals surface area contributed by atoms with E-state index >= 15 is 0 Å². The molecule has 0 unspecified atom stereocenters. The Morgan fingerprint density at radius 1 is 1.16 bits per heavy atom. The molecule has 0 radical (unpaired) electrons. The third-order valence-electron chi connectivity index (χ3n) is 3.60. The van der Waals surface area contributed by atoms with E-state index in [0.717, 1.165) is 24.0 Å². The van der Waals surface area contributed by atoms with Crippen LogP contribution in [-0.2, 0) is 0 Å². The quantitative estimate of drug-likeness (QED) is 0.798. The largest absolute Gasteiger partial charge is 0.296 e. The summed E-state index contributed by atoms with van der Waals surface area (Å²) in [5.41, 5.74) is 0.904. The number of ketones is 1. The van der Waals surface area contributed by atoms with Crippen molar-refractivity contribution in [3.8, 4) is 0 Å². The Kier molecular flexibility index (Phi) is 4.97. The van der Waals surface area contributed by atoms with Gasteiger partial charge in [0.2, 0.25) is 0 Å². The monoisotopic (exact) mass is 295 g/mol. The summed E-state index contributed by atoms with van der Waals surface area (Å²) in [4.78, 5) is 14.6. The fourth-order valence-electron chi connectivity index (χ4n) is 2.60. The van der Waals surface area contributed by atoms with Crippen LogP contribution in [0.4, 0.5) is 0 Å². The molecule has 0 amide bonds. The van der Waals surface area contributed by atoms with E-state index in [9.17, 15) is 4.79 Å². The molecule has 4 heteroatoms. The van der Waals surface area contributed by atoms with Gasteiger partial charge in [-0.15, -0.1) is 23.7 Å². The number of hydrogen-bond donors (Lipinski definition) is 0. The minimum absolute atomic E-state index is 0. The van der Waals surface area contributed by atoms with Gasteiger partial charge in [-0.05, 0) is 32.0 Å². The van der Waals surface area contributed by atoms with E-state index in [4.69, 9.17) is 0 Å². The molecule has 1 aliphatic rings. The van der Waals surface area contributed by atoms with Gasteiger partial charge in [0.05, 0.1) is 6.54 Å². The van der Waals surface area contributed by atoms with E-state index in [1.165, 1.54) is 24.0 Å². The van der Waals surface area contributed by atoms with Crippen molar-refractivity contribution in [2.45, 2.75) is 19.3 Å². The molecule has 1 fully saturated rings. The second-order valence-corrected chi connectivity index (χ2v) is 5.82. The first-order chi connectivity index (χ1) is 8.84. The molecule has 0 spiro atoms. The molecule has 2 heterocycles. The Balaban J connectivity index is 0.00000133. The molecule has 3 rings (SSSR count). The highest BCUT2D eigenvalue weighted by Crippen LogP contribution is 2.26. The van der Waals surface area contributed by atoms with E-state index in [1.54, 1.807) is 11.3 Å². The Morgan fingerprint density at radius 2 is 1.89 bits per heavy atom. The zero-order chi connectivity index (χ0) is 12.4. The average molecular weight is 296 g/mol. The molecule has 0 atom stereocenters. The summed E-state index contributed by atoms with van der Waals surface area (Å²) in [6.45, 7) is 2.74. The number of benzene rings is 1. The number of carbonyl (C=O) groups is 1. The van der Waals surface area contributed by atoms with Crippen LogP contribution in [0.15, 0.2) is 29.6 Å². The SMILES string of the molecule is Cl.O=C(CN1CCCCC1)c1csc2ccccc12. The highest BCUT2D eigenvalue weighted by Gasteiger charge is 2.17. The van der Waals surface area contributed by atoms with Crippen LogP contribution >= 0.6 is 23.7 Å². The van der Waals surface area contributed by atoms with Crippen LogP contribution in [0.1, 0.15) is 29.6 Å². The maximum atomic E-state index is 12.4. The van der Waals surface area contributed by atoms with Crippen LogP contribution in [0.25, 0.3) is 10.1 Å². The second-order valence-electron chi connectivity index (χ2n) is 4.91. The van der Waals surface area contributed by atoms with Crippen molar-refractivity contribution in [1.82, 2.24) is 4.90 Å². The lowest BCUT2D eigenvalue weighted by atomic mass is 10.1. The van der Waals surface area contributed by atoms with Crippen molar-refractivity contribution < 1.29 is 4.79 Å². The highest BCUT2D eigenvalue weighted by molar-refractivity contribution is 7.17. The average Bonchev–Trinajstić information content (AvgIpc) is 2.84. The van der Waals surface area contributed by atoms with Gasteiger partial charge in [0.1, 0.15) is 0 Å². The number of rotatable bonds is 3. The normalized spacial score (nSPS) is 16.2. The van der Waals surface area contributed by atoms with Gasteiger partial charge in [-0.3, -0.25) is 9.69 Å². The standard InChI is InChI=1S/C15H17NOS.ClH/c17-14(10-16-8-4-1-5-9-16)13-11-18-15-7-3-2-6-12(13)15;/h2-3,6-7,11H,1,4-5,8-10H2;1H. The number of hydrogen-bond acceptors (Lipinski definition) is 3. The van der Waals surface area contributed by atoms with E-state index in [-0.39, 0.29) is 18.2 Å². The minimum Gasteiger partial charge on any atom is -0.296 e. The molecule has 1 saturated heterocycles. The molecule has 19 heavy (non-hydrogen) atoms. The first-order valence-electron chi connectivity index (χ1n) is 6.56. The third-order valence-corrected chi connectivity index (χ3v) is 4.56. The minimum atomic E-state index is 0. The van der Waals surface area contributed by atoms with E-state index in [0.29, 0.717) is 6.54 Å². The molecule has 2 aromatic rings. The lowest BCUT2D eigenvalue weighted by Crippen LogP contribution is -2.34. The van der Waals surface area contributed by atoms with Crippen LogP contribution in [0.3, 0.4) is 0 Å². The maximum absolute atomic E-state index is 12.4. The van der Waals surface area contributed by atoms with Gasteiger partial charge in [-0.25, -0.2) is 0 Å². The first kappa shape index (κ1) is 14.5. The molecular formula is C15H18ClNOS. The zero-order valence-electron chi connectivity index (χ0n) is 10.8. The Morgan fingerprint density at radius 3 is 2.68 bits per heavy atom. The summed E-state index contributed by atoms with van der Waals surface area (Å²) < 4.78 is 1.21. The van der Waals surface area contributed by atoms with Crippen molar-refractivity contribution in [3.63, 3.8) is 0 Å². The van der Waals surface area contributed by atoms with Crippen LogP contribution in [0.2, 0.25) is 0 Å². The lowest BCUT2D eigenvalue weighted by Gasteiger charge is -2.25. The fraction of sp³-hybridized carbons (Fsp3) is 0.400. The van der Waals surface area contributed by atoms with Crippen molar-refractivity contribution in [1.29, 1.82) is 0 Å². The molecule has 0 bridgehead atoms. The molecular weight excluding hydrogens is 278 g/mol. The summed E-state index contributed by atoms with van der Waals surface area (Å²) in [7, 11) is 0. The number of nitrogens with zero attached hydrogens (tertiary/aromatic N) is 1. The van der Waals surface area contributed by atoms with Gasteiger partial charge >= 0.3 is 0 Å². The van der Waals surface area contributed by atoms with Crippen molar-refractivity contribution in [3.05, 3.63) is 35.2 Å². The number of likely N-dealkylation sites (tertiary alicyclic amines) is 1. The van der Waals surface area contributed by atoms with Gasteiger partial charge < -0.3 is 0 Å². The third kappa shape index (κ3) is 3.16. The highest BCUT2D eigenvalue weighted by atomic mass is 35.5. The molecule has 0 N–H and O–H groups in total. The van der Waals surface area contributed by atoms with Crippen LogP contribution < -0.4 is 0 Å². The summed E-state index contributed by atoms with van der Waals surface area (Å²) in [5, 5.41) is 3.13. The van der Waals surface area contributed by atoms with Crippen LogP contribution in [-0.4, -0.2) is 30.3 Å². The first-order valence-corrected chi connectivity index (χ1v) is 7.44. The smallest absolute Gasteiger partial charge is 0.178 e. The van der Waals surface area contributed by atoms with Gasteiger partial charge in [0.15, 0.2) is 5.78 Å². The van der Waals surface area contributed by atoms with E-state index < -0.39 is 0 Å². The number of thiophene rings is 1. The van der Waals surface area contributed by atoms with Gasteiger partial charge in [0.25, 0.3) is 0 Å². The maximum Gasteiger partial charge on any atom is 0.178 e. The van der Waals surface area contributed by atoms with Gasteiger partial charge in [-0.2, -0.15) is 0 Å². The number of fused-ring (bicyclic) bond motifs is 1. The molecule has 102 valence electrons. The van der Waals surface area contributed by atoms with E-state index in [2.05, 4.69) is 17.0 Å². The Hall–Kier alpha value is -0.900. The number of carbonyl (C=O) groups excluding carboxylic acids is 1. The Bertz CT molecular complexity index is 560. The number of Topliss-reactive ketones (excluding diaryl/α,β-unsaturated/α-hetero) is 1. The van der Waals surface area contributed by atoms with E-state index in [1.807, 2.05) is 17.5 Å². The molecule has 0 aliphatic carbocycles. The van der Waals surface area contributed by atoms with Crippen molar-refractivity contribution in [2.24, 2.45) is 0 Å². The Labute approximate surface area is 123 Å². The molecule has 1 aliphatic heterocycles. The molecule has 1 aromatic carbocycles. The lowest BCUT2D eigenvalue weighted by molar-refractivity contribution is 0.0918.